The Morgan fingerprint density at radius 3 is 2.57 bits per heavy atom. The zero-order valence-corrected chi connectivity index (χ0v) is 29.3. The maximum atomic E-state index is 7.02. The number of hydrogen-bond donors (Lipinski definition) is 0. The summed E-state index contributed by atoms with van der Waals surface area (Å²) in [7, 11) is 5.01. The van der Waals surface area contributed by atoms with Gasteiger partial charge in [0.15, 0.2) is 11.2 Å². The average Bonchev–Trinajstić information content (AvgIpc) is 3.75. The second-order valence-electron chi connectivity index (χ2n) is 10.6. The van der Waals surface area contributed by atoms with E-state index in [0.29, 0.717) is 30.3 Å². The fourth-order valence-electron chi connectivity index (χ4n) is 5.56. The highest BCUT2D eigenvalue weighted by Gasteiger charge is 2.40. The van der Waals surface area contributed by atoms with Crippen LogP contribution in [-0.4, -0.2) is 58.8 Å². The number of halogens is 1. The summed E-state index contributed by atoms with van der Waals surface area (Å²) in [4.78, 5) is 13.4. The number of imidazole rings is 1. The minimum Gasteiger partial charge on any atom is -0.497 e. The lowest BCUT2D eigenvalue weighted by atomic mass is 9.80. The number of methoxy groups -OCH3 is 2. The van der Waals surface area contributed by atoms with Gasteiger partial charge < -0.3 is 23.7 Å². The van der Waals surface area contributed by atoms with Crippen LogP contribution in [0, 0.1) is 0 Å². The van der Waals surface area contributed by atoms with Crippen molar-refractivity contribution in [3.8, 4) is 11.6 Å². The Bertz CT molecular complexity index is 1650. The Morgan fingerprint density at radius 1 is 1.07 bits per heavy atom. The first-order chi connectivity index (χ1) is 22.5. The lowest BCUT2D eigenvalue weighted by molar-refractivity contribution is -0.0757. The van der Waals surface area contributed by atoms with Gasteiger partial charge in [0.2, 0.25) is 5.88 Å². The Hall–Kier alpha value is -3.39. The number of rotatable bonds is 16. The summed E-state index contributed by atoms with van der Waals surface area (Å²) < 4.78 is 32.5. The molecule has 11 heteroatoms. The summed E-state index contributed by atoms with van der Waals surface area (Å²) in [5, 5.41) is 0. The van der Waals surface area contributed by atoms with Crippen LogP contribution in [0.25, 0.3) is 11.2 Å². The molecule has 1 fully saturated rings. The molecule has 242 valence electrons. The third kappa shape index (κ3) is 7.59. The maximum Gasteiger partial charge on any atom is 0.245 e. The number of aromatic nitrogens is 4. The summed E-state index contributed by atoms with van der Waals surface area (Å²) in [5.41, 5.74) is 2.93. The average molecular weight is 755 g/mol. The Labute approximate surface area is 286 Å². The molecule has 0 radical (unpaired) electrons. The van der Waals surface area contributed by atoms with E-state index in [1.165, 1.54) is 6.33 Å². The van der Waals surface area contributed by atoms with Crippen molar-refractivity contribution in [3.63, 3.8) is 0 Å². The van der Waals surface area contributed by atoms with Gasteiger partial charge in [-0.2, -0.15) is 4.98 Å². The van der Waals surface area contributed by atoms with E-state index in [9.17, 15) is 0 Å². The van der Waals surface area contributed by atoms with Gasteiger partial charge in [0.05, 0.1) is 39.9 Å². The molecular formula is C35H39IN4O5S. The van der Waals surface area contributed by atoms with E-state index in [0.717, 1.165) is 53.2 Å². The van der Waals surface area contributed by atoms with Crippen LogP contribution < -0.4 is 9.47 Å². The van der Waals surface area contributed by atoms with Crippen molar-refractivity contribution in [2.45, 2.75) is 44.1 Å². The second-order valence-corrected chi connectivity index (χ2v) is 13.1. The van der Waals surface area contributed by atoms with Crippen LogP contribution in [-0.2, 0) is 19.8 Å². The maximum absolute atomic E-state index is 7.02. The molecule has 3 atom stereocenters. The Balaban J connectivity index is 1.43. The van der Waals surface area contributed by atoms with Gasteiger partial charge in [-0.1, -0.05) is 71.0 Å². The van der Waals surface area contributed by atoms with Crippen LogP contribution in [0.1, 0.15) is 43.5 Å². The smallest absolute Gasteiger partial charge is 0.245 e. The first-order valence-electron chi connectivity index (χ1n) is 15.2. The molecule has 1 unspecified atom stereocenters. The summed E-state index contributed by atoms with van der Waals surface area (Å²) in [5.74, 6) is 2.86. The minimum atomic E-state index is -1.01. The molecule has 0 N–H and O–H groups in total. The molecule has 0 bridgehead atoms. The zero-order valence-electron chi connectivity index (χ0n) is 26.3. The molecule has 9 nitrogen and oxygen atoms in total. The summed E-state index contributed by atoms with van der Waals surface area (Å²) >= 11 is 2.25. The highest BCUT2D eigenvalue weighted by molar-refractivity contribution is 14.2. The summed E-state index contributed by atoms with van der Waals surface area (Å²) in [6, 6.07) is 18.1. The van der Waals surface area contributed by atoms with E-state index in [1.54, 1.807) is 29.5 Å². The number of allylic oxidation sites excluding steroid dienone is 2. The van der Waals surface area contributed by atoms with Crippen LogP contribution in [0.3, 0.4) is 0 Å². The largest absolute Gasteiger partial charge is 0.497 e. The fraction of sp³-hybridized carbons (Fsp3) is 0.343. The predicted octanol–water partition coefficient (Wildman–Crippen LogP) is 7.99. The van der Waals surface area contributed by atoms with Gasteiger partial charge in [0.25, 0.3) is 0 Å². The SMILES string of the molecule is C=C(/C=C\C(=C/CC)OC)C(OC[C@@H]1CC[C@H](n2cnc3c(OCCSI)ncnc32)O1)(c1ccccc1)c1ccc(OC)cc1. The van der Waals surface area contributed by atoms with E-state index in [1.807, 2.05) is 65.3 Å². The normalized spacial score (nSPS) is 18.1. The van der Waals surface area contributed by atoms with Gasteiger partial charge in [-0.15, -0.1) is 0 Å². The molecule has 0 saturated carbocycles. The van der Waals surface area contributed by atoms with Gasteiger partial charge in [-0.05, 0) is 81.5 Å². The van der Waals surface area contributed by atoms with E-state index < -0.39 is 5.60 Å². The molecule has 1 aliphatic heterocycles. The summed E-state index contributed by atoms with van der Waals surface area (Å²) in [6.45, 7) is 7.50. The van der Waals surface area contributed by atoms with Crippen LogP contribution in [0.4, 0.5) is 0 Å². The van der Waals surface area contributed by atoms with Gasteiger partial charge >= 0.3 is 0 Å². The Morgan fingerprint density at radius 2 is 1.85 bits per heavy atom. The second kappa shape index (κ2) is 16.4. The quantitative estimate of drug-likeness (QED) is 0.0489. The van der Waals surface area contributed by atoms with Crippen molar-refractivity contribution >= 4 is 41.3 Å². The third-order valence-corrected chi connectivity index (χ3v) is 9.47. The molecule has 3 heterocycles. The van der Waals surface area contributed by atoms with Crippen molar-refractivity contribution in [2.24, 2.45) is 0 Å². The van der Waals surface area contributed by atoms with Crippen molar-refractivity contribution in [1.82, 2.24) is 19.5 Å². The number of nitrogens with zero attached hydrogens (tertiary/aromatic N) is 4. The lowest BCUT2D eigenvalue weighted by Gasteiger charge is -2.37. The molecule has 46 heavy (non-hydrogen) atoms. The molecular weight excluding hydrogens is 715 g/mol. The van der Waals surface area contributed by atoms with Crippen LogP contribution in [0.15, 0.2) is 103 Å². The van der Waals surface area contributed by atoms with Crippen LogP contribution in [0.2, 0.25) is 0 Å². The van der Waals surface area contributed by atoms with Crippen molar-refractivity contribution in [3.05, 3.63) is 115 Å². The number of benzene rings is 2. The van der Waals surface area contributed by atoms with Crippen molar-refractivity contribution in [1.29, 1.82) is 0 Å². The molecule has 2 aromatic heterocycles. The van der Waals surface area contributed by atoms with E-state index >= 15 is 0 Å². The Kier molecular flexibility index (Phi) is 12.1. The first-order valence-corrected chi connectivity index (χ1v) is 18.7. The fourth-order valence-corrected chi connectivity index (χ4v) is 6.25. The topological polar surface area (TPSA) is 89.8 Å². The lowest BCUT2D eigenvalue weighted by Crippen LogP contribution is -2.35. The molecule has 5 rings (SSSR count). The van der Waals surface area contributed by atoms with E-state index in [4.69, 9.17) is 23.7 Å². The molecule has 2 aromatic carbocycles. The number of hydrogen-bond acceptors (Lipinski definition) is 9. The molecule has 4 aromatic rings. The monoisotopic (exact) mass is 754 g/mol. The van der Waals surface area contributed by atoms with Crippen molar-refractivity contribution < 1.29 is 23.7 Å². The molecule has 0 amide bonds. The number of fused-ring (bicyclic) bond motifs is 1. The third-order valence-electron chi connectivity index (χ3n) is 7.82. The molecule has 1 saturated heterocycles. The van der Waals surface area contributed by atoms with Gasteiger partial charge in [-0.25, -0.2) is 9.97 Å². The van der Waals surface area contributed by atoms with Crippen LogP contribution in [0.5, 0.6) is 11.6 Å². The number of ether oxygens (including phenoxy) is 5. The molecule has 1 aliphatic rings. The van der Waals surface area contributed by atoms with Gasteiger partial charge in [-0.3, -0.25) is 4.57 Å². The van der Waals surface area contributed by atoms with E-state index in [2.05, 4.69) is 61.8 Å². The minimum absolute atomic E-state index is 0.173. The standard InChI is InChI=1S/C35H39IN4O5S/c1-5-9-28(41-3)15-12-25(2)35(26-10-7-6-8-11-26,27-13-16-29(42-4)17-14-27)44-22-30-18-19-31(45-30)40-24-39-32-33(40)37-23-38-34(32)43-20-21-46-36/h6-17,23-24,30-31H,2,5,18-22H2,1,3-4H3/b15-12-,28-9+/t30-,31+,35?/m0/s1. The van der Waals surface area contributed by atoms with Gasteiger partial charge in [0.1, 0.15) is 29.7 Å². The first kappa shape index (κ1) is 34.0. The summed E-state index contributed by atoms with van der Waals surface area (Å²) in [6.07, 6.45) is 11.2. The highest BCUT2D eigenvalue weighted by Crippen LogP contribution is 2.42. The van der Waals surface area contributed by atoms with Crippen molar-refractivity contribution in [2.75, 3.05) is 33.2 Å². The van der Waals surface area contributed by atoms with Crippen LogP contribution >= 0.6 is 30.1 Å². The molecule has 0 aliphatic carbocycles. The predicted molar refractivity (Wildman–Crippen MR) is 190 cm³/mol. The van der Waals surface area contributed by atoms with Gasteiger partial charge in [0, 0.05) is 5.75 Å². The molecule has 0 spiro atoms. The zero-order chi connectivity index (χ0) is 32.4. The highest BCUT2D eigenvalue weighted by atomic mass is 127. The van der Waals surface area contributed by atoms with E-state index in [-0.39, 0.29) is 12.3 Å².